The van der Waals surface area contributed by atoms with Crippen molar-refractivity contribution in [3.05, 3.63) is 172 Å². The highest BCUT2D eigenvalue weighted by atomic mass is 32.2. The van der Waals surface area contributed by atoms with E-state index in [4.69, 9.17) is 0 Å². The molecule has 0 spiro atoms. The molecule has 0 bridgehead atoms. The number of aromatic nitrogens is 2. The summed E-state index contributed by atoms with van der Waals surface area (Å²) in [6.45, 7) is 0.520. The minimum absolute atomic E-state index is 0.379. The molecular weight excluding hydrogens is 1090 g/mol. The Kier molecular flexibility index (Phi) is 15.5. The fourth-order valence-electron chi connectivity index (χ4n) is 7.72. The Labute approximate surface area is 399 Å². The third kappa shape index (κ3) is 13.4. The molecule has 0 unspecified atom stereocenters. The van der Waals surface area contributed by atoms with E-state index in [0.29, 0.717) is 11.4 Å². The summed E-state index contributed by atoms with van der Waals surface area (Å²) < 4.78 is 366. The monoisotopic (exact) mass is 1110 g/mol. The minimum atomic E-state index is -6.13. The Morgan fingerprint density at radius 1 is 0.392 bits per heavy atom. The average molecular weight is 1110 g/mol. The molecule has 30 heteroatoms. The summed E-state index contributed by atoms with van der Waals surface area (Å²) in [4.78, 5) is 4.30. The molecule has 0 saturated carbocycles. The van der Waals surface area contributed by atoms with Gasteiger partial charge in [-0.2, -0.15) is 132 Å². The second-order valence-corrected chi connectivity index (χ2v) is 18.0. The van der Waals surface area contributed by atoms with Crippen LogP contribution in [0.5, 0.6) is 0 Å². The largest absolute Gasteiger partial charge is 0.416 e. The number of rotatable bonds is 7. The lowest BCUT2D eigenvalue weighted by Crippen LogP contribution is -2.75. The molecule has 74 heavy (non-hydrogen) atoms. The summed E-state index contributed by atoms with van der Waals surface area (Å²) in [5, 5.41) is 0. The van der Waals surface area contributed by atoms with Crippen LogP contribution in [0.3, 0.4) is 0 Å². The Balaban J connectivity index is 0.000000500. The SMILES string of the molecule is CS(=O)(=O)c1ccccc1C[n+]1ccncc1.FC(F)(F)c1cc([B-](c2cc(C(F)(F)F)cc(C(F)(F)F)c2)(c2cc(C(F)(F)F)cc(C(F)(F)F)c2)c2cc(C(F)(F)F)cc(C(F)(F)F)c2)cc(C(F)(F)F)c1. The second kappa shape index (κ2) is 19.7. The smallest absolute Gasteiger partial charge is 0.252 e. The van der Waals surface area contributed by atoms with Crippen molar-refractivity contribution in [3.63, 3.8) is 0 Å². The van der Waals surface area contributed by atoms with Crippen LogP contribution in [0.1, 0.15) is 50.1 Å². The van der Waals surface area contributed by atoms with E-state index in [0.717, 1.165) is 5.56 Å². The summed E-state index contributed by atoms with van der Waals surface area (Å²) in [5.74, 6) is 0. The maximum absolute atomic E-state index is 14.2. The standard InChI is InChI=1S/C32H12BF24.C12H13N2O2S/c34-25(35,36)13-1-14(26(37,38)39)6-21(5-13)33(22-7-15(27(40,41)42)2-16(8-22)28(43,44)45,23-9-17(29(46,47)48)3-18(10-23)30(49,50)51)24-11-19(31(52,53)54)4-20(12-24)32(55,56)57;1-17(15,16)12-5-3-2-4-11(12)10-14-8-6-13-7-9-14/h1-12H;2-9H,10H2,1H3/q-1;+1. The number of hydrogen-bond donors (Lipinski definition) is 0. The fourth-order valence-corrected chi connectivity index (χ4v) is 8.65. The Hall–Kier alpha value is -6.49. The molecule has 1 aromatic heterocycles. The molecule has 1 heterocycles. The van der Waals surface area contributed by atoms with Crippen molar-refractivity contribution in [2.75, 3.05) is 6.26 Å². The third-order valence-electron chi connectivity index (χ3n) is 10.9. The highest BCUT2D eigenvalue weighted by molar-refractivity contribution is 7.90. The Morgan fingerprint density at radius 2 is 0.622 bits per heavy atom. The van der Waals surface area contributed by atoms with E-state index in [1.54, 1.807) is 36.9 Å². The molecule has 0 saturated heterocycles. The van der Waals surface area contributed by atoms with Gasteiger partial charge in [-0.05, 0) is 30.3 Å². The molecule has 4 nitrogen and oxygen atoms in total. The average Bonchev–Trinajstić information content (AvgIpc) is 3.24. The molecule has 0 amide bonds. The normalized spacial score (nSPS) is 13.6. The quantitative estimate of drug-likeness (QED) is 0.0909. The number of halogens is 24. The van der Waals surface area contributed by atoms with E-state index in [1.165, 1.54) is 6.26 Å². The van der Waals surface area contributed by atoms with E-state index in [1.807, 2.05) is 16.7 Å². The van der Waals surface area contributed by atoms with Crippen LogP contribution in [0.2, 0.25) is 0 Å². The van der Waals surface area contributed by atoms with E-state index in [-0.39, 0.29) is 0 Å². The van der Waals surface area contributed by atoms with Crippen LogP contribution in [-0.2, 0) is 65.8 Å². The van der Waals surface area contributed by atoms with Crippen LogP contribution in [0.25, 0.3) is 0 Å². The third-order valence-corrected chi connectivity index (χ3v) is 12.1. The predicted octanol–water partition coefficient (Wildman–Crippen LogP) is 12.0. The molecule has 5 aromatic carbocycles. The number of benzene rings is 5. The van der Waals surface area contributed by atoms with Crippen molar-refractivity contribution in [1.82, 2.24) is 4.98 Å². The molecule has 6 aromatic rings. The summed E-state index contributed by atoms with van der Waals surface area (Å²) in [5.41, 5.74) is -29.4. The van der Waals surface area contributed by atoms with Crippen molar-refractivity contribution in [2.24, 2.45) is 0 Å². The number of sulfone groups is 1. The molecule has 0 atom stereocenters. The molecule has 0 aliphatic carbocycles. The Bertz CT molecular complexity index is 2680. The lowest BCUT2D eigenvalue weighted by atomic mass is 9.12. The van der Waals surface area contributed by atoms with E-state index < -0.39 is 205 Å². The molecule has 0 aliphatic heterocycles. The summed E-state index contributed by atoms with van der Waals surface area (Å²) in [6.07, 6.45) is -46.6. The van der Waals surface area contributed by atoms with Gasteiger partial charge >= 0.3 is 49.4 Å². The molecule has 0 radical (unpaired) electrons. The highest BCUT2D eigenvalue weighted by Crippen LogP contribution is 2.41. The van der Waals surface area contributed by atoms with Crippen LogP contribution >= 0.6 is 0 Å². The van der Waals surface area contributed by atoms with Gasteiger partial charge in [0.1, 0.15) is 6.15 Å². The minimum Gasteiger partial charge on any atom is -0.252 e. The van der Waals surface area contributed by atoms with Gasteiger partial charge in [0.15, 0.2) is 28.8 Å². The predicted molar refractivity (Wildman–Crippen MR) is 213 cm³/mol. The van der Waals surface area contributed by atoms with Crippen LogP contribution < -0.4 is 26.4 Å². The van der Waals surface area contributed by atoms with Gasteiger partial charge in [0.25, 0.3) is 0 Å². The molecular formula is C44H25BF24N2O2S. The number of alkyl halides is 24. The topological polar surface area (TPSA) is 50.9 Å². The lowest BCUT2D eigenvalue weighted by Gasteiger charge is -2.46. The highest BCUT2D eigenvalue weighted by Gasteiger charge is 2.47. The zero-order valence-electron chi connectivity index (χ0n) is 36.0. The van der Waals surface area contributed by atoms with Crippen LogP contribution in [0.4, 0.5) is 105 Å². The van der Waals surface area contributed by atoms with Crippen LogP contribution in [0, 0.1) is 0 Å². The molecule has 0 aliphatic rings. The zero-order valence-corrected chi connectivity index (χ0v) is 36.8. The van der Waals surface area contributed by atoms with Gasteiger partial charge in [0.05, 0.1) is 61.8 Å². The first-order chi connectivity index (χ1) is 33.3. The first-order valence-electron chi connectivity index (χ1n) is 19.8. The maximum atomic E-state index is 14.2. The van der Waals surface area contributed by atoms with Gasteiger partial charge in [0, 0.05) is 11.8 Å². The zero-order chi connectivity index (χ0) is 56.2. The fraction of sp³-hybridized carbons (Fsp3) is 0.227. The van der Waals surface area contributed by atoms with Gasteiger partial charge in [-0.15, -0.1) is 0 Å². The first kappa shape index (κ1) is 58.4. The molecule has 0 N–H and O–H groups in total. The van der Waals surface area contributed by atoms with Crippen molar-refractivity contribution >= 4 is 37.8 Å². The molecule has 400 valence electrons. The van der Waals surface area contributed by atoms with Gasteiger partial charge in [-0.1, -0.05) is 66.7 Å². The van der Waals surface area contributed by atoms with Crippen molar-refractivity contribution in [3.8, 4) is 0 Å². The van der Waals surface area contributed by atoms with E-state index in [2.05, 4.69) is 4.98 Å². The van der Waals surface area contributed by atoms with Crippen LogP contribution in [-0.4, -0.2) is 25.8 Å². The van der Waals surface area contributed by atoms with Gasteiger partial charge in [0.2, 0.25) is 0 Å². The lowest BCUT2D eigenvalue weighted by molar-refractivity contribution is -0.689. The van der Waals surface area contributed by atoms with Crippen molar-refractivity contribution in [2.45, 2.75) is 60.9 Å². The van der Waals surface area contributed by atoms with E-state index >= 15 is 0 Å². The molecule has 0 fully saturated rings. The molecule has 6 rings (SSSR count). The van der Waals surface area contributed by atoms with Crippen molar-refractivity contribution < 1.29 is 118 Å². The van der Waals surface area contributed by atoms with E-state index in [9.17, 15) is 114 Å². The van der Waals surface area contributed by atoms with Gasteiger partial charge in [-0.3, -0.25) is 4.98 Å². The van der Waals surface area contributed by atoms with Gasteiger partial charge in [-0.25, -0.2) is 8.42 Å². The Morgan fingerprint density at radius 3 is 0.838 bits per heavy atom. The van der Waals surface area contributed by atoms with Gasteiger partial charge < -0.3 is 0 Å². The summed E-state index contributed by atoms with van der Waals surface area (Å²) in [7, 11) is -3.18. The maximum Gasteiger partial charge on any atom is 0.416 e. The summed E-state index contributed by atoms with van der Waals surface area (Å²) >= 11 is 0. The number of hydrogen-bond acceptors (Lipinski definition) is 3. The second-order valence-electron chi connectivity index (χ2n) is 16.0. The van der Waals surface area contributed by atoms with Crippen molar-refractivity contribution in [1.29, 1.82) is 0 Å². The first-order valence-corrected chi connectivity index (χ1v) is 21.7. The van der Waals surface area contributed by atoms with Crippen LogP contribution in [0.15, 0.2) is 127 Å². The number of nitrogens with zero attached hydrogens (tertiary/aromatic N) is 2. The summed E-state index contributed by atoms with van der Waals surface area (Å²) in [6, 6.07) is -1.78.